The van der Waals surface area contributed by atoms with Gasteiger partial charge in [0.1, 0.15) is 12.4 Å². The number of carbonyl (C=O) groups is 1. The number of ether oxygens (including phenoxy) is 1. The zero-order valence-electron chi connectivity index (χ0n) is 23.2. The van der Waals surface area contributed by atoms with E-state index in [-0.39, 0.29) is 0 Å². The van der Waals surface area contributed by atoms with Gasteiger partial charge in [-0.05, 0) is 80.2 Å². The summed E-state index contributed by atoms with van der Waals surface area (Å²) in [4.78, 5) is 21.4. The Labute approximate surface area is 228 Å². The van der Waals surface area contributed by atoms with Gasteiger partial charge < -0.3 is 14.6 Å². The van der Waals surface area contributed by atoms with Crippen LogP contribution in [0.25, 0.3) is 10.9 Å². The molecule has 0 saturated carbocycles. The van der Waals surface area contributed by atoms with Crippen LogP contribution in [0.3, 0.4) is 0 Å². The summed E-state index contributed by atoms with van der Waals surface area (Å²) in [6.45, 7) is 8.06. The van der Waals surface area contributed by atoms with Gasteiger partial charge in [-0.3, -0.25) is 9.69 Å². The number of hydrogen-bond acceptors (Lipinski definition) is 3. The lowest BCUT2D eigenvalue weighted by molar-refractivity contribution is -0.133. The molecular weight excluding hydrogens is 470 g/mol. The maximum Gasteiger partial charge on any atom is 0.222 e. The molecule has 1 aromatic heterocycles. The molecule has 3 heterocycles. The highest BCUT2D eigenvalue weighted by Gasteiger charge is 2.37. The van der Waals surface area contributed by atoms with Gasteiger partial charge in [0.25, 0.3) is 0 Å². The number of amides is 1. The van der Waals surface area contributed by atoms with Crippen molar-refractivity contribution in [2.24, 2.45) is 5.41 Å². The lowest BCUT2D eigenvalue weighted by Gasteiger charge is -2.45. The molecule has 0 bridgehead atoms. The van der Waals surface area contributed by atoms with E-state index in [1.165, 1.54) is 48.6 Å². The van der Waals surface area contributed by atoms with Crippen molar-refractivity contribution >= 4 is 16.8 Å². The molecule has 0 atom stereocenters. The third kappa shape index (κ3) is 6.61. The molecule has 2 aliphatic rings. The van der Waals surface area contributed by atoms with Gasteiger partial charge in [0, 0.05) is 49.7 Å². The average molecular weight is 516 g/mol. The minimum Gasteiger partial charge on any atom is -0.492 e. The molecule has 38 heavy (non-hydrogen) atoms. The predicted molar refractivity (Wildman–Crippen MR) is 156 cm³/mol. The lowest BCUT2D eigenvalue weighted by Crippen LogP contribution is -2.49. The monoisotopic (exact) mass is 515 g/mol. The van der Waals surface area contributed by atoms with E-state index in [1.54, 1.807) is 0 Å². The molecule has 0 unspecified atom stereocenters. The zero-order valence-corrected chi connectivity index (χ0v) is 23.2. The third-order valence-corrected chi connectivity index (χ3v) is 8.89. The first kappa shape index (κ1) is 26.8. The van der Waals surface area contributed by atoms with Crippen molar-refractivity contribution in [1.29, 1.82) is 0 Å². The molecule has 1 amide bonds. The number of aromatic nitrogens is 1. The maximum absolute atomic E-state index is 13.2. The van der Waals surface area contributed by atoms with E-state index in [1.807, 2.05) is 0 Å². The summed E-state index contributed by atoms with van der Waals surface area (Å²) < 4.78 is 6.28. The van der Waals surface area contributed by atoms with E-state index in [0.717, 1.165) is 76.3 Å². The smallest absolute Gasteiger partial charge is 0.222 e. The van der Waals surface area contributed by atoms with Gasteiger partial charge in [0.2, 0.25) is 5.91 Å². The molecule has 0 radical (unpaired) electrons. The van der Waals surface area contributed by atoms with E-state index < -0.39 is 0 Å². The van der Waals surface area contributed by atoms with E-state index in [4.69, 9.17) is 4.74 Å². The van der Waals surface area contributed by atoms with E-state index in [2.05, 4.69) is 76.4 Å². The summed E-state index contributed by atoms with van der Waals surface area (Å²) in [5.74, 6) is 1.38. The van der Waals surface area contributed by atoms with Crippen molar-refractivity contribution in [3.63, 3.8) is 0 Å². The molecule has 5 heteroatoms. The van der Waals surface area contributed by atoms with Crippen LogP contribution in [-0.4, -0.2) is 60.0 Å². The fraction of sp³-hybridized carbons (Fsp3) is 0.545. The van der Waals surface area contributed by atoms with Gasteiger partial charge in [-0.15, -0.1) is 0 Å². The van der Waals surface area contributed by atoms with Crippen LogP contribution in [0.15, 0.2) is 54.7 Å². The summed E-state index contributed by atoms with van der Waals surface area (Å²) in [5.41, 5.74) is 4.05. The van der Waals surface area contributed by atoms with Crippen LogP contribution in [-0.2, 0) is 17.6 Å². The van der Waals surface area contributed by atoms with Gasteiger partial charge in [-0.1, -0.05) is 56.2 Å². The Kier molecular flexibility index (Phi) is 9.06. The number of hydrogen-bond donors (Lipinski definition) is 1. The van der Waals surface area contributed by atoms with Crippen LogP contribution in [0, 0.1) is 5.41 Å². The Morgan fingerprint density at radius 3 is 2.68 bits per heavy atom. The second-order valence-corrected chi connectivity index (χ2v) is 11.5. The average Bonchev–Trinajstić information content (AvgIpc) is 3.36. The summed E-state index contributed by atoms with van der Waals surface area (Å²) >= 11 is 0. The molecular formula is C33H45N3O2. The number of benzene rings is 2. The normalized spacial score (nSPS) is 18.9. The molecule has 1 saturated heterocycles. The van der Waals surface area contributed by atoms with Crippen LogP contribution >= 0.6 is 0 Å². The number of piperidine rings is 1. The van der Waals surface area contributed by atoms with Crippen molar-refractivity contribution < 1.29 is 9.53 Å². The van der Waals surface area contributed by atoms with Crippen LogP contribution in [0.2, 0.25) is 0 Å². The SMILES string of the molecule is CCCCN1CCOc2ccccc2CCCCC2(CCN(C(=O)CCc3c[nH]c4ccccc34)CC2)C1. The molecule has 2 aromatic carbocycles. The van der Waals surface area contributed by atoms with Gasteiger partial charge in [0.05, 0.1) is 0 Å². The molecule has 1 fully saturated rings. The van der Waals surface area contributed by atoms with Crippen LogP contribution in [0.1, 0.15) is 69.4 Å². The quantitative estimate of drug-likeness (QED) is 0.401. The highest BCUT2D eigenvalue weighted by atomic mass is 16.5. The second kappa shape index (κ2) is 12.8. The fourth-order valence-electron chi connectivity index (χ4n) is 6.53. The molecule has 0 aliphatic carbocycles. The van der Waals surface area contributed by atoms with Crippen molar-refractivity contribution in [3.8, 4) is 5.75 Å². The minimum absolute atomic E-state index is 0.306. The number of aromatic amines is 1. The predicted octanol–water partition coefficient (Wildman–Crippen LogP) is 6.62. The van der Waals surface area contributed by atoms with E-state index >= 15 is 0 Å². The molecule has 2 aliphatic heterocycles. The fourth-order valence-corrected chi connectivity index (χ4v) is 6.53. The molecule has 5 nitrogen and oxygen atoms in total. The standard InChI is InChI=1S/C33H45N3O2/c1-2-3-20-35-23-24-38-31-14-7-4-10-27(31)11-8-9-17-33(26-35)18-21-36(22-19-33)32(37)16-15-28-25-34-30-13-6-5-12-29(28)30/h4-7,10,12-14,25,34H,2-3,8-9,11,15-24,26H2,1H3. The topological polar surface area (TPSA) is 48.6 Å². The van der Waals surface area contributed by atoms with E-state index in [0.29, 0.717) is 17.7 Å². The number of fused-ring (bicyclic) bond motifs is 2. The van der Waals surface area contributed by atoms with Crippen LogP contribution < -0.4 is 4.74 Å². The molecule has 1 spiro atoms. The first-order valence-electron chi connectivity index (χ1n) is 14.9. The van der Waals surface area contributed by atoms with E-state index in [9.17, 15) is 4.79 Å². The summed E-state index contributed by atoms with van der Waals surface area (Å²) in [7, 11) is 0. The number of nitrogens with zero attached hydrogens (tertiary/aromatic N) is 2. The molecule has 3 aromatic rings. The first-order chi connectivity index (χ1) is 18.7. The number of unbranched alkanes of at least 4 members (excludes halogenated alkanes) is 1. The van der Waals surface area contributed by atoms with Crippen LogP contribution in [0.4, 0.5) is 0 Å². The molecule has 204 valence electrons. The van der Waals surface area contributed by atoms with Crippen LogP contribution in [0.5, 0.6) is 5.75 Å². The Morgan fingerprint density at radius 1 is 1.00 bits per heavy atom. The summed E-state index contributed by atoms with van der Waals surface area (Å²) in [5, 5.41) is 1.24. The Bertz CT molecular complexity index is 1180. The lowest BCUT2D eigenvalue weighted by atomic mass is 9.73. The van der Waals surface area contributed by atoms with Crippen molar-refractivity contribution in [1.82, 2.24) is 14.8 Å². The number of rotatable bonds is 6. The maximum atomic E-state index is 13.2. The molecule has 1 N–H and O–H groups in total. The first-order valence-corrected chi connectivity index (χ1v) is 14.9. The minimum atomic E-state index is 0.306. The largest absolute Gasteiger partial charge is 0.492 e. The van der Waals surface area contributed by atoms with Gasteiger partial charge in [-0.2, -0.15) is 0 Å². The van der Waals surface area contributed by atoms with Crippen molar-refractivity contribution in [2.75, 3.05) is 39.3 Å². The molecule has 5 rings (SSSR count). The highest BCUT2D eigenvalue weighted by Crippen LogP contribution is 2.38. The Hall–Kier alpha value is -2.79. The Balaban J connectivity index is 1.20. The van der Waals surface area contributed by atoms with Gasteiger partial charge >= 0.3 is 0 Å². The van der Waals surface area contributed by atoms with Gasteiger partial charge in [0.15, 0.2) is 0 Å². The number of para-hydroxylation sites is 2. The van der Waals surface area contributed by atoms with Crippen molar-refractivity contribution in [3.05, 3.63) is 65.9 Å². The number of likely N-dealkylation sites (tertiary alicyclic amines) is 1. The summed E-state index contributed by atoms with van der Waals surface area (Å²) in [6, 6.07) is 16.9. The zero-order chi connectivity index (χ0) is 26.2. The van der Waals surface area contributed by atoms with Crippen molar-refractivity contribution in [2.45, 2.75) is 71.1 Å². The second-order valence-electron chi connectivity index (χ2n) is 11.5. The van der Waals surface area contributed by atoms with Gasteiger partial charge in [-0.25, -0.2) is 0 Å². The number of carbonyl (C=O) groups excluding carboxylic acids is 1. The third-order valence-electron chi connectivity index (χ3n) is 8.89. The highest BCUT2D eigenvalue weighted by molar-refractivity contribution is 5.84. The number of H-pyrrole nitrogens is 1. The summed E-state index contributed by atoms with van der Waals surface area (Å²) in [6.07, 6.45) is 12.9. The Morgan fingerprint density at radius 2 is 1.82 bits per heavy atom. The number of aryl methyl sites for hydroxylation is 2. The number of nitrogens with one attached hydrogen (secondary N) is 1.